The minimum Gasteiger partial charge on any atom is -0.312 e. The fourth-order valence-electron chi connectivity index (χ4n) is 2.90. The minimum atomic E-state index is 0.417. The molecule has 1 aliphatic rings. The summed E-state index contributed by atoms with van der Waals surface area (Å²) in [5.74, 6) is 1.69. The van der Waals surface area contributed by atoms with Crippen LogP contribution in [0.1, 0.15) is 37.7 Å². The highest BCUT2D eigenvalue weighted by molar-refractivity contribution is 6.17. The number of nitrogens with zero attached hydrogens (tertiary/aromatic N) is 3. The molecule has 0 spiro atoms. The monoisotopic (exact) mass is 277 g/mol. The molecular formula is C15H20ClN3. The quantitative estimate of drug-likeness (QED) is 0.798. The average molecular weight is 278 g/mol. The van der Waals surface area contributed by atoms with Crippen LogP contribution < -0.4 is 0 Å². The van der Waals surface area contributed by atoms with Crippen molar-refractivity contribution in [3.8, 4) is 0 Å². The van der Waals surface area contributed by atoms with Gasteiger partial charge < -0.3 is 4.57 Å². The molecule has 2 aromatic rings. The Morgan fingerprint density at radius 2 is 2.11 bits per heavy atom. The molecule has 2 aromatic heterocycles. The van der Waals surface area contributed by atoms with Gasteiger partial charge in [0.2, 0.25) is 0 Å². The second-order valence-electron chi connectivity index (χ2n) is 6.01. The van der Waals surface area contributed by atoms with Crippen LogP contribution in [0, 0.1) is 12.3 Å². The maximum atomic E-state index is 5.91. The van der Waals surface area contributed by atoms with E-state index in [0.29, 0.717) is 11.3 Å². The van der Waals surface area contributed by atoms with Crippen molar-refractivity contribution in [3.05, 3.63) is 23.7 Å². The van der Waals surface area contributed by atoms with Crippen LogP contribution in [0.5, 0.6) is 0 Å². The first-order valence-electron chi connectivity index (χ1n) is 7.00. The Balaban J connectivity index is 2.06. The Hall–Kier alpha value is -1.09. The third-order valence-corrected chi connectivity index (χ3v) is 4.42. The number of hydrogen-bond acceptors (Lipinski definition) is 2. The fourth-order valence-corrected chi connectivity index (χ4v) is 3.07. The van der Waals surface area contributed by atoms with Crippen LogP contribution >= 0.6 is 11.6 Å². The van der Waals surface area contributed by atoms with Crippen molar-refractivity contribution in [3.63, 3.8) is 0 Å². The van der Waals surface area contributed by atoms with Crippen molar-refractivity contribution in [1.29, 1.82) is 0 Å². The number of fused-ring (bicyclic) bond motifs is 1. The van der Waals surface area contributed by atoms with Crippen molar-refractivity contribution >= 4 is 22.8 Å². The van der Waals surface area contributed by atoms with Gasteiger partial charge in [0.15, 0.2) is 5.65 Å². The number of alkyl halides is 1. The normalized spacial score (nSPS) is 17.6. The lowest BCUT2D eigenvalue weighted by atomic mass is 9.70. The van der Waals surface area contributed by atoms with E-state index in [1.54, 1.807) is 0 Å². The van der Waals surface area contributed by atoms with E-state index in [2.05, 4.69) is 22.5 Å². The Labute approximate surface area is 119 Å². The predicted octanol–water partition coefficient (Wildman–Crippen LogP) is 3.71. The molecule has 0 saturated heterocycles. The van der Waals surface area contributed by atoms with Crippen LogP contribution in [0.4, 0.5) is 0 Å². The van der Waals surface area contributed by atoms with E-state index in [1.165, 1.54) is 19.3 Å². The molecule has 1 aliphatic carbocycles. The fraction of sp³-hybridized carbons (Fsp3) is 0.600. The highest BCUT2D eigenvalue weighted by Gasteiger charge is 2.33. The third-order valence-electron chi connectivity index (χ3n) is 4.23. The van der Waals surface area contributed by atoms with E-state index >= 15 is 0 Å². The topological polar surface area (TPSA) is 30.7 Å². The Morgan fingerprint density at radius 3 is 2.74 bits per heavy atom. The lowest BCUT2D eigenvalue weighted by Crippen LogP contribution is -2.31. The van der Waals surface area contributed by atoms with E-state index in [1.807, 2.05) is 13.0 Å². The summed E-state index contributed by atoms with van der Waals surface area (Å²) in [4.78, 5) is 9.38. The van der Waals surface area contributed by atoms with E-state index in [0.717, 1.165) is 35.6 Å². The second-order valence-corrected chi connectivity index (χ2v) is 6.39. The van der Waals surface area contributed by atoms with Gasteiger partial charge in [-0.15, -0.1) is 11.6 Å². The third kappa shape index (κ3) is 2.36. The molecule has 0 radical (unpaired) electrons. The molecule has 0 atom stereocenters. The maximum Gasteiger partial charge on any atom is 0.160 e. The van der Waals surface area contributed by atoms with Gasteiger partial charge in [0.05, 0.1) is 0 Å². The first kappa shape index (κ1) is 12.9. The van der Waals surface area contributed by atoms with Crippen molar-refractivity contribution in [1.82, 2.24) is 14.5 Å². The largest absolute Gasteiger partial charge is 0.312 e. The number of imidazole rings is 1. The number of aryl methyl sites for hydroxylation is 2. The molecule has 2 heterocycles. The molecule has 0 unspecified atom stereocenters. The van der Waals surface area contributed by atoms with E-state index < -0.39 is 0 Å². The first-order chi connectivity index (χ1) is 9.11. The lowest BCUT2D eigenvalue weighted by Gasteiger charge is -2.39. The van der Waals surface area contributed by atoms with Gasteiger partial charge in [-0.05, 0) is 37.3 Å². The van der Waals surface area contributed by atoms with E-state index in [-0.39, 0.29) is 0 Å². The summed E-state index contributed by atoms with van der Waals surface area (Å²) in [6.07, 6.45) is 4.77. The van der Waals surface area contributed by atoms with Crippen LogP contribution in [0.15, 0.2) is 12.1 Å². The summed E-state index contributed by atoms with van der Waals surface area (Å²) >= 11 is 5.91. The minimum absolute atomic E-state index is 0.417. The van der Waals surface area contributed by atoms with Gasteiger partial charge >= 0.3 is 0 Å². The van der Waals surface area contributed by atoms with Gasteiger partial charge in [-0.3, -0.25) is 0 Å². The molecule has 19 heavy (non-hydrogen) atoms. The lowest BCUT2D eigenvalue weighted by molar-refractivity contribution is 0.132. The summed E-state index contributed by atoms with van der Waals surface area (Å²) in [5, 5.41) is 0. The number of halogens is 1. The molecule has 0 aromatic carbocycles. The van der Waals surface area contributed by atoms with Crippen LogP contribution in [-0.2, 0) is 13.0 Å². The molecular weight excluding hydrogens is 258 g/mol. The number of aromatic nitrogens is 3. The highest BCUT2D eigenvalue weighted by Crippen LogP contribution is 2.42. The first-order valence-corrected chi connectivity index (χ1v) is 7.53. The molecule has 1 saturated carbocycles. The Kier molecular flexibility index (Phi) is 3.25. The van der Waals surface area contributed by atoms with Crippen LogP contribution in [0.3, 0.4) is 0 Å². The number of rotatable bonds is 4. The van der Waals surface area contributed by atoms with Crippen molar-refractivity contribution in [2.75, 3.05) is 5.88 Å². The molecule has 0 amide bonds. The van der Waals surface area contributed by atoms with Crippen molar-refractivity contribution in [2.24, 2.45) is 5.41 Å². The van der Waals surface area contributed by atoms with Crippen molar-refractivity contribution < 1.29 is 0 Å². The van der Waals surface area contributed by atoms with Gasteiger partial charge in [0.1, 0.15) is 11.3 Å². The molecule has 4 heteroatoms. The number of pyridine rings is 1. The molecule has 0 N–H and O–H groups in total. The van der Waals surface area contributed by atoms with Crippen molar-refractivity contribution in [2.45, 2.75) is 46.1 Å². The Morgan fingerprint density at radius 1 is 1.32 bits per heavy atom. The van der Waals surface area contributed by atoms with Crippen LogP contribution in [0.2, 0.25) is 0 Å². The molecule has 3 nitrogen and oxygen atoms in total. The van der Waals surface area contributed by atoms with E-state index in [4.69, 9.17) is 16.6 Å². The SMILES string of the molecule is Cc1ccc2nc(CCCl)n(CC3(C)CCC3)c2n1. The summed E-state index contributed by atoms with van der Waals surface area (Å²) in [6, 6.07) is 4.09. The summed E-state index contributed by atoms with van der Waals surface area (Å²) in [6.45, 7) is 5.41. The zero-order valence-corrected chi connectivity index (χ0v) is 12.4. The summed E-state index contributed by atoms with van der Waals surface area (Å²) in [5.41, 5.74) is 3.48. The molecule has 102 valence electrons. The predicted molar refractivity (Wildman–Crippen MR) is 78.6 cm³/mol. The average Bonchev–Trinajstić information content (AvgIpc) is 2.66. The van der Waals surface area contributed by atoms with Gasteiger partial charge in [0.25, 0.3) is 0 Å². The maximum absolute atomic E-state index is 5.91. The van der Waals surface area contributed by atoms with E-state index in [9.17, 15) is 0 Å². The molecule has 3 rings (SSSR count). The Bertz CT molecular complexity index is 599. The second kappa shape index (κ2) is 4.78. The number of hydrogen-bond donors (Lipinski definition) is 0. The van der Waals surface area contributed by atoms with Gasteiger partial charge in [-0.1, -0.05) is 13.3 Å². The molecule has 0 aliphatic heterocycles. The highest BCUT2D eigenvalue weighted by atomic mass is 35.5. The molecule has 0 bridgehead atoms. The van der Waals surface area contributed by atoms with Gasteiger partial charge in [0, 0.05) is 24.5 Å². The van der Waals surface area contributed by atoms with Crippen LogP contribution in [0.25, 0.3) is 11.2 Å². The zero-order valence-electron chi connectivity index (χ0n) is 11.6. The zero-order chi connectivity index (χ0) is 13.5. The summed E-state index contributed by atoms with van der Waals surface area (Å²) < 4.78 is 2.30. The summed E-state index contributed by atoms with van der Waals surface area (Å²) in [7, 11) is 0. The molecule has 1 fully saturated rings. The van der Waals surface area contributed by atoms with Gasteiger partial charge in [-0.2, -0.15) is 0 Å². The smallest absolute Gasteiger partial charge is 0.160 e. The van der Waals surface area contributed by atoms with Gasteiger partial charge in [-0.25, -0.2) is 9.97 Å². The standard InChI is InChI=1S/C15H20ClN3/c1-11-4-5-12-14(17-11)19(13(18-12)6-9-16)10-15(2)7-3-8-15/h4-5H,3,6-10H2,1-2H3. The van der Waals surface area contributed by atoms with Crippen LogP contribution in [-0.4, -0.2) is 20.4 Å².